The molecule has 0 saturated heterocycles. The van der Waals surface area contributed by atoms with E-state index in [0.29, 0.717) is 10.8 Å². The fourth-order valence-corrected chi connectivity index (χ4v) is 5.55. The zero-order chi connectivity index (χ0) is 15.3. The lowest BCUT2D eigenvalue weighted by molar-refractivity contribution is 0.282. The van der Waals surface area contributed by atoms with Gasteiger partial charge in [0.15, 0.2) is 0 Å². The van der Waals surface area contributed by atoms with Gasteiger partial charge in [0, 0.05) is 22.8 Å². The number of sulfonamides is 1. The second-order valence-electron chi connectivity index (χ2n) is 5.71. The molecule has 0 aliphatic heterocycles. The molecule has 2 N–H and O–H groups in total. The number of hydrogen-bond donors (Lipinski definition) is 2. The highest BCUT2D eigenvalue weighted by molar-refractivity contribution is 7.89. The minimum Gasteiger partial charge on any atom is -0.312 e. The van der Waals surface area contributed by atoms with Crippen molar-refractivity contribution in [1.29, 1.82) is 0 Å². The van der Waals surface area contributed by atoms with E-state index >= 15 is 0 Å². The summed E-state index contributed by atoms with van der Waals surface area (Å²) in [6, 6.07) is 1.89. The first kappa shape index (κ1) is 16.9. The Morgan fingerprint density at radius 1 is 1.29 bits per heavy atom. The summed E-state index contributed by atoms with van der Waals surface area (Å²) in [5, 5.41) is 4.97. The summed E-state index contributed by atoms with van der Waals surface area (Å²) in [5.74, 6) is 0.480. The van der Waals surface area contributed by atoms with Crippen molar-refractivity contribution >= 4 is 21.4 Å². The van der Waals surface area contributed by atoms with Gasteiger partial charge in [0.25, 0.3) is 0 Å². The van der Waals surface area contributed by atoms with Gasteiger partial charge < -0.3 is 5.32 Å². The average Bonchev–Trinajstić information content (AvgIpc) is 2.95. The first-order chi connectivity index (χ1) is 10.1. The summed E-state index contributed by atoms with van der Waals surface area (Å²) in [6.45, 7) is 5.81. The van der Waals surface area contributed by atoms with Crippen molar-refractivity contribution in [3.63, 3.8) is 0 Å². The van der Waals surface area contributed by atoms with E-state index < -0.39 is 10.0 Å². The third-order valence-corrected chi connectivity index (χ3v) is 6.78. The Morgan fingerprint density at radius 2 is 2.05 bits per heavy atom. The van der Waals surface area contributed by atoms with Gasteiger partial charge in [0.1, 0.15) is 0 Å². The van der Waals surface area contributed by atoms with Crippen LogP contribution in [0.4, 0.5) is 0 Å². The second kappa shape index (κ2) is 7.72. The summed E-state index contributed by atoms with van der Waals surface area (Å²) in [7, 11) is -3.37. The van der Waals surface area contributed by atoms with Crippen LogP contribution in [0.2, 0.25) is 0 Å². The van der Waals surface area contributed by atoms with E-state index in [4.69, 9.17) is 0 Å². The van der Waals surface area contributed by atoms with Crippen LogP contribution in [-0.4, -0.2) is 21.0 Å². The fraction of sp³-hybridized carbons (Fsp3) is 0.733. The number of rotatable bonds is 7. The zero-order valence-corrected chi connectivity index (χ0v) is 14.5. The van der Waals surface area contributed by atoms with Crippen molar-refractivity contribution in [2.45, 2.75) is 63.4 Å². The first-order valence-corrected chi connectivity index (χ1v) is 10.2. The molecule has 2 unspecified atom stereocenters. The molecular formula is C15H26N2O2S2. The minimum atomic E-state index is -3.37. The maximum absolute atomic E-state index is 12.5. The summed E-state index contributed by atoms with van der Waals surface area (Å²) in [5.41, 5.74) is 0. The van der Waals surface area contributed by atoms with Crippen molar-refractivity contribution < 1.29 is 8.42 Å². The smallest absolute Gasteiger partial charge is 0.241 e. The van der Waals surface area contributed by atoms with Gasteiger partial charge in [-0.1, -0.05) is 33.1 Å². The summed E-state index contributed by atoms with van der Waals surface area (Å²) >= 11 is 1.50. The Morgan fingerprint density at radius 3 is 2.76 bits per heavy atom. The third kappa shape index (κ3) is 4.52. The van der Waals surface area contributed by atoms with E-state index in [2.05, 4.69) is 17.0 Å². The van der Waals surface area contributed by atoms with E-state index in [1.165, 1.54) is 17.8 Å². The van der Waals surface area contributed by atoms with Crippen LogP contribution in [-0.2, 0) is 16.6 Å². The lowest BCUT2D eigenvalue weighted by atomic mass is 9.83. The molecule has 1 saturated carbocycles. The van der Waals surface area contributed by atoms with Crippen LogP contribution in [0, 0.1) is 5.92 Å². The third-order valence-electron chi connectivity index (χ3n) is 4.23. The minimum absolute atomic E-state index is 0.103. The van der Waals surface area contributed by atoms with E-state index in [1.54, 1.807) is 11.4 Å². The lowest BCUT2D eigenvalue weighted by Gasteiger charge is -2.31. The summed E-state index contributed by atoms with van der Waals surface area (Å²) < 4.78 is 28.0. The van der Waals surface area contributed by atoms with Crippen molar-refractivity contribution in [1.82, 2.24) is 10.0 Å². The van der Waals surface area contributed by atoms with Gasteiger partial charge in [-0.05, 0) is 31.4 Å². The predicted molar refractivity (Wildman–Crippen MR) is 88.1 cm³/mol. The number of nitrogens with one attached hydrogen (secondary N) is 2. The normalized spacial score (nSPS) is 23.3. The van der Waals surface area contributed by atoms with Crippen molar-refractivity contribution in [2.24, 2.45) is 5.92 Å². The molecular weight excluding hydrogens is 304 g/mol. The Kier molecular flexibility index (Phi) is 6.22. The Bertz CT molecular complexity index is 540. The van der Waals surface area contributed by atoms with Gasteiger partial charge in [-0.25, -0.2) is 13.1 Å². The van der Waals surface area contributed by atoms with Gasteiger partial charge in [-0.3, -0.25) is 0 Å². The highest BCUT2D eigenvalue weighted by Gasteiger charge is 2.28. The summed E-state index contributed by atoms with van der Waals surface area (Å²) in [6.07, 6.45) is 5.49. The van der Waals surface area contributed by atoms with Crippen LogP contribution >= 0.6 is 11.3 Å². The van der Waals surface area contributed by atoms with Gasteiger partial charge in [-0.2, -0.15) is 0 Å². The van der Waals surface area contributed by atoms with E-state index in [9.17, 15) is 8.42 Å². The maximum Gasteiger partial charge on any atom is 0.241 e. The van der Waals surface area contributed by atoms with Crippen LogP contribution in [0.25, 0.3) is 0 Å². The SMILES string of the molecule is CCNCc1cc(S(=O)(=O)NC2CCCCC2CC)cs1. The largest absolute Gasteiger partial charge is 0.312 e. The molecule has 0 bridgehead atoms. The molecule has 1 aromatic heterocycles. The van der Waals surface area contributed by atoms with Crippen LogP contribution in [0.5, 0.6) is 0 Å². The van der Waals surface area contributed by atoms with E-state index in [0.717, 1.165) is 43.6 Å². The molecule has 2 rings (SSSR count). The highest BCUT2D eigenvalue weighted by Crippen LogP contribution is 2.28. The van der Waals surface area contributed by atoms with Crippen molar-refractivity contribution in [3.8, 4) is 0 Å². The molecule has 0 spiro atoms. The van der Waals surface area contributed by atoms with Crippen LogP contribution < -0.4 is 10.0 Å². The number of thiophene rings is 1. The maximum atomic E-state index is 12.5. The fourth-order valence-electron chi connectivity index (χ4n) is 2.96. The zero-order valence-electron chi connectivity index (χ0n) is 12.9. The topological polar surface area (TPSA) is 58.2 Å². The molecule has 0 aromatic carbocycles. The average molecular weight is 331 g/mol. The second-order valence-corrected chi connectivity index (χ2v) is 8.42. The van der Waals surface area contributed by atoms with E-state index in [1.807, 2.05) is 6.92 Å². The van der Waals surface area contributed by atoms with Gasteiger partial charge >= 0.3 is 0 Å². The molecule has 21 heavy (non-hydrogen) atoms. The molecule has 1 heterocycles. The standard InChI is InChI=1S/C15H26N2O2S2/c1-3-12-7-5-6-8-15(12)17-21(18,19)14-9-13(20-11-14)10-16-4-2/h9,11-12,15-17H,3-8,10H2,1-2H3. The molecule has 0 amide bonds. The van der Waals surface area contributed by atoms with Crippen molar-refractivity contribution in [2.75, 3.05) is 6.54 Å². The van der Waals surface area contributed by atoms with Gasteiger partial charge in [0.2, 0.25) is 10.0 Å². The van der Waals surface area contributed by atoms with Gasteiger partial charge in [-0.15, -0.1) is 11.3 Å². The molecule has 0 radical (unpaired) electrons. The number of hydrogen-bond acceptors (Lipinski definition) is 4. The molecule has 1 aliphatic carbocycles. The first-order valence-electron chi connectivity index (χ1n) is 7.87. The molecule has 4 nitrogen and oxygen atoms in total. The van der Waals surface area contributed by atoms with Crippen molar-refractivity contribution in [3.05, 3.63) is 16.3 Å². The predicted octanol–water partition coefficient (Wildman–Crippen LogP) is 3.10. The van der Waals surface area contributed by atoms with Gasteiger partial charge in [0.05, 0.1) is 4.90 Å². The van der Waals surface area contributed by atoms with Crippen LogP contribution in [0.15, 0.2) is 16.3 Å². The molecule has 1 fully saturated rings. The molecule has 1 aromatic rings. The molecule has 6 heteroatoms. The Labute approximate surface area is 132 Å². The quantitative estimate of drug-likeness (QED) is 0.807. The monoisotopic (exact) mass is 330 g/mol. The highest BCUT2D eigenvalue weighted by atomic mass is 32.2. The summed E-state index contributed by atoms with van der Waals surface area (Å²) in [4.78, 5) is 1.48. The molecule has 120 valence electrons. The molecule has 1 aliphatic rings. The van der Waals surface area contributed by atoms with E-state index in [-0.39, 0.29) is 6.04 Å². The van der Waals surface area contributed by atoms with Crippen LogP contribution in [0.3, 0.4) is 0 Å². The van der Waals surface area contributed by atoms with Crippen LogP contribution in [0.1, 0.15) is 50.8 Å². The molecule has 2 atom stereocenters. The Hall–Kier alpha value is -0.430. The lowest BCUT2D eigenvalue weighted by Crippen LogP contribution is -2.41. The Balaban J connectivity index is 2.05.